The Morgan fingerprint density at radius 3 is 2.64 bits per heavy atom. The molecule has 33 heavy (non-hydrogen) atoms. The molecule has 2 aliphatic heterocycles. The summed E-state index contributed by atoms with van der Waals surface area (Å²) < 4.78 is 32.0. The number of hydrogen-bond acceptors (Lipinski definition) is 6. The fourth-order valence-corrected chi connectivity index (χ4v) is 6.72. The summed E-state index contributed by atoms with van der Waals surface area (Å²) in [6.07, 6.45) is 3.27. The lowest BCUT2D eigenvalue weighted by atomic mass is 10.0. The van der Waals surface area contributed by atoms with E-state index in [1.165, 1.54) is 26.0 Å². The summed E-state index contributed by atoms with van der Waals surface area (Å²) in [4.78, 5) is 17.4. The van der Waals surface area contributed by atoms with E-state index >= 15 is 0 Å². The summed E-state index contributed by atoms with van der Waals surface area (Å²) in [5, 5.41) is 21.9. The molecule has 2 unspecified atom stereocenters. The molecule has 1 N–H and O–H groups in total. The zero-order chi connectivity index (χ0) is 23.1. The van der Waals surface area contributed by atoms with Gasteiger partial charge in [-0.05, 0) is 18.6 Å². The first-order valence-electron chi connectivity index (χ1n) is 10.3. The minimum absolute atomic E-state index is 0.0662. The van der Waals surface area contributed by atoms with Crippen LogP contribution in [0, 0.1) is 11.3 Å². The monoisotopic (exact) mass is 462 g/mol. The molecule has 2 atom stereocenters. The van der Waals surface area contributed by atoms with Crippen LogP contribution in [0.4, 0.5) is 0 Å². The molecular formula is C22H18N6O4S. The quantitative estimate of drug-likeness (QED) is 0.495. The van der Waals surface area contributed by atoms with Crippen LogP contribution in [0.3, 0.4) is 0 Å². The van der Waals surface area contributed by atoms with Gasteiger partial charge in [0.15, 0.2) is 5.03 Å². The first-order valence-corrected chi connectivity index (χ1v) is 11.7. The van der Waals surface area contributed by atoms with Crippen molar-refractivity contribution < 1.29 is 13.5 Å². The topological polar surface area (TPSA) is 126 Å². The van der Waals surface area contributed by atoms with Gasteiger partial charge in [-0.2, -0.15) is 9.57 Å². The standard InChI is InChI=1S/C22H18N6O4S/c1-25-11-19(24-12-25)33(31,32)26-10-14-8-18(26)20-21(29)28(22(30)27(14)20)17-7-6-13(9-23)15-4-2-3-5-16(15)17/h2-7,11-12,14,18,29H,8,10H2,1H3. The second-order valence-electron chi connectivity index (χ2n) is 8.34. The lowest BCUT2D eigenvalue weighted by Crippen LogP contribution is -2.38. The largest absolute Gasteiger partial charge is 0.493 e. The summed E-state index contributed by atoms with van der Waals surface area (Å²) in [6.45, 7) is 0.133. The molecule has 1 saturated heterocycles. The van der Waals surface area contributed by atoms with E-state index < -0.39 is 21.8 Å². The SMILES string of the molecule is Cn1cnc(S(=O)(=O)N2CC3CC2c2c(O)n(-c4ccc(C#N)c5ccccc45)c(=O)n23)c1. The van der Waals surface area contributed by atoms with Crippen LogP contribution >= 0.6 is 0 Å². The van der Waals surface area contributed by atoms with Crippen LogP contribution < -0.4 is 5.69 Å². The first kappa shape index (κ1) is 19.8. The van der Waals surface area contributed by atoms with Gasteiger partial charge in [0.1, 0.15) is 5.69 Å². The van der Waals surface area contributed by atoms with Gasteiger partial charge in [0.05, 0.1) is 35.7 Å². The van der Waals surface area contributed by atoms with E-state index in [1.54, 1.807) is 48.0 Å². The van der Waals surface area contributed by atoms with E-state index in [4.69, 9.17) is 0 Å². The van der Waals surface area contributed by atoms with E-state index in [0.29, 0.717) is 28.4 Å². The zero-order valence-corrected chi connectivity index (χ0v) is 18.3. The molecule has 1 fully saturated rings. The number of aromatic hydroxyl groups is 1. The van der Waals surface area contributed by atoms with E-state index in [2.05, 4.69) is 11.1 Å². The Morgan fingerprint density at radius 2 is 1.94 bits per heavy atom. The van der Waals surface area contributed by atoms with Crippen LogP contribution in [0.1, 0.15) is 29.8 Å². The number of rotatable bonds is 3. The van der Waals surface area contributed by atoms with Crippen molar-refractivity contribution in [3.8, 4) is 17.6 Å². The van der Waals surface area contributed by atoms with Crippen molar-refractivity contribution in [3.05, 3.63) is 70.7 Å². The number of hydrogen-bond donors (Lipinski definition) is 1. The molecule has 2 aliphatic rings. The number of imidazole rings is 2. The highest BCUT2D eigenvalue weighted by Crippen LogP contribution is 2.50. The van der Waals surface area contributed by atoms with Crippen LogP contribution in [0.5, 0.6) is 5.88 Å². The Morgan fingerprint density at radius 1 is 1.18 bits per heavy atom. The second-order valence-corrected chi connectivity index (χ2v) is 10.2. The fourth-order valence-electron chi connectivity index (χ4n) is 5.11. The summed E-state index contributed by atoms with van der Waals surface area (Å²) in [5.41, 5.74) is 0.748. The van der Waals surface area contributed by atoms with Crippen LogP contribution in [0.2, 0.25) is 0 Å². The molecule has 2 aromatic heterocycles. The molecule has 0 aliphatic carbocycles. The van der Waals surface area contributed by atoms with Crippen molar-refractivity contribution in [3.63, 3.8) is 0 Å². The molecule has 0 radical (unpaired) electrons. The van der Waals surface area contributed by atoms with Crippen molar-refractivity contribution in [2.45, 2.75) is 23.5 Å². The Balaban J connectivity index is 1.52. The minimum Gasteiger partial charge on any atom is -0.493 e. The molecule has 0 saturated carbocycles. The molecule has 2 bridgehead atoms. The highest BCUT2D eigenvalue weighted by atomic mass is 32.2. The zero-order valence-electron chi connectivity index (χ0n) is 17.5. The van der Waals surface area contributed by atoms with Crippen molar-refractivity contribution in [1.29, 1.82) is 5.26 Å². The maximum Gasteiger partial charge on any atom is 0.336 e. The van der Waals surface area contributed by atoms with Gasteiger partial charge in [-0.25, -0.2) is 22.8 Å². The number of aryl methyl sites for hydroxylation is 1. The summed E-state index contributed by atoms with van der Waals surface area (Å²) in [5.74, 6) is -0.289. The van der Waals surface area contributed by atoms with Crippen LogP contribution in [-0.4, -0.2) is 43.1 Å². The van der Waals surface area contributed by atoms with Gasteiger partial charge in [0.25, 0.3) is 10.0 Å². The maximum atomic E-state index is 13.4. The maximum absolute atomic E-state index is 13.4. The molecule has 10 nitrogen and oxygen atoms in total. The average molecular weight is 462 g/mol. The highest BCUT2D eigenvalue weighted by molar-refractivity contribution is 7.89. The summed E-state index contributed by atoms with van der Waals surface area (Å²) >= 11 is 0. The normalized spacial score (nSPS) is 19.8. The predicted molar refractivity (Wildman–Crippen MR) is 117 cm³/mol. The molecule has 6 rings (SSSR count). The summed E-state index contributed by atoms with van der Waals surface area (Å²) in [7, 11) is -2.20. The van der Waals surface area contributed by atoms with Crippen molar-refractivity contribution >= 4 is 20.8 Å². The van der Waals surface area contributed by atoms with Gasteiger partial charge < -0.3 is 9.67 Å². The molecule has 4 aromatic rings. The Hall–Kier alpha value is -3.88. The molecule has 0 spiro atoms. The van der Waals surface area contributed by atoms with Crippen molar-refractivity contribution in [2.75, 3.05) is 6.54 Å². The molecule has 166 valence electrons. The average Bonchev–Trinajstić information content (AvgIpc) is 3.57. The number of benzene rings is 2. The third-order valence-electron chi connectivity index (χ3n) is 6.53. The predicted octanol–water partition coefficient (Wildman–Crippen LogP) is 1.79. The van der Waals surface area contributed by atoms with Gasteiger partial charge in [-0.3, -0.25) is 4.57 Å². The van der Waals surface area contributed by atoms with Crippen molar-refractivity contribution in [2.24, 2.45) is 7.05 Å². The Bertz CT molecular complexity index is 1670. The van der Waals surface area contributed by atoms with Crippen molar-refractivity contribution in [1.82, 2.24) is 23.0 Å². The molecule has 2 aromatic carbocycles. The minimum atomic E-state index is -3.89. The third-order valence-corrected chi connectivity index (χ3v) is 8.29. The van der Waals surface area contributed by atoms with Crippen LogP contribution in [0.15, 0.2) is 58.7 Å². The van der Waals surface area contributed by atoms with Crippen LogP contribution in [0.25, 0.3) is 16.5 Å². The first-order chi connectivity index (χ1) is 15.8. The van der Waals surface area contributed by atoms with Crippen LogP contribution in [-0.2, 0) is 17.1 Å². The summed E-state index contributed by atoms with van der Waals surface area (Å²) in [6, 6.07) is 11.5. The number of fused-ring (bicyclic) bond motifs is 6. The number of sulfonamides is 1. The van der Waals surface area contributed by atoms with Gasteiger partial charge in [-0.1, -0.05) is 24.3 Å². The van der Waals surface area contributed by atoms with E-state index in [9.17, 15) is 23.6 Å². The smallest absolute Gasteiger partial charge is 0.336 e. The number of nitriles is 1. The van der Waals surface area contributed by atoms with E-state index in [-0.39, 0.29) is 29.2 Å². The van der Waals surface area contributed by atoms with Gasteiger partial charge in [0, 0.05) is 30.6 Å². The Kier molecular flexibility index (Phi) is 3.94. The van der Waals surface area contributed by atoms with Gasteiger partial charge >= 0.3 is 5.69 Å². The molecule has 11 heteroatoms. The molecule has 4 heterocycles. The number of aromatic nitrogens is 4. The Labute approximate surface area is 188 Å². The second kappa shape index (κ2) is 6.57. The molecule has 0 amide bonds. The van der Waals surface area contributed by atoms with E-state index in [0.717, 1.165) is 0 Å². The fraction of sp³-hybridized carbons (Fsp3) is 0.227. The third kappa shape index (κ3) is 2.53. The lowest BCUT2D eigenvalue weighted by molar-refractivity contribution is 0.341. The highest BCUT2D eigenvalue weighted by Gasteiger charge is 2.52. The van der Waals surface area contributed by atoms with Gasteiger partial charge in [0.2, 0.25) is 5.88 Å². The van der Waals surface area contributed by atoms with E-state index in [1.807, 2.05) is 0 Å². The lowest BCUT2D eigenvalue weighted by Gasteiger charge is -2.25. The number of nitrogens with zero attached hydrogens (tertiary/aromatic N) is 6. The van der Waals surface area contributed by atoms with Gasteiger partial charge in [-0.15, -0.1) is 0 Å². The molecular weight excluding hydrogens is 444 g/mol.